The monoisotopic (exact) mass is 403 g/mol. The van der Waals surface area contributed by atoms with Gasteiger partial charge in [0.1, 0.15) is 5.75 Å². The first-order valence-electron chi connectivity index (χ1n) is 8.06. The van der Waals surface area contributed by atoms with Crippen LogP contribution >= 0.6 is 0 Å². The summed E-state index contributed by atoms with van der Waals surface area (Å²) in [4.78, 5) is 12.2. The van der Waals surface area contributed by atoms with Crippen molar-refractivity contribution in [3.63, 3.8) is 0 Å². The van der Waals surface area contributed by atoms with Crippen molar-refractivity contribution in [1.29, 1.82) is 0 Å². The number of ether oxygens (including phenoxy) is 2. The Labute approximate surface area is 161 Å². The van der Waals surface area contributed by atoms with Crippen LogP contribution in [0.1, 0.15) is 16.2 Å². The molecule has 0 aliphatic heterocycles. The number of hydrogen-bond donors (Lipinski definition) is 1. The van der Waals surface area contributed by atoms with Crippen molar-refractivity contribution in [2.45, 2.75) is 6.61 Å². The molecule has 28 heavy (non-hydrogen) atoms. The van der Waals surface area contributed by atoms with Crippen molar-refractivity contribution in [2.24, 2.45) is 0 Å². The molecule has 0 saturated heterocycles. The van der Waals surface area contributed by atoms with Gasteiger partial charge in [0.25, 0.3) is 5.89 Å². The number of hydrogen-bond acceptors (Lipinski definition) is 8. The van der Waals surface area contributed by atoms with Crippen LogP contribution in [0.25, 0.3) is 11.5 Å². The molecule has 146 valence electrons. The molecular weight excluding hydrogens is 386 g/mol. The molecule has 1 N–H and O–H groups in total. The van der Waals surface area contributed by atoms with Crippen LogP contribution in [0.3, 0.4) is 0 Å². The van der Waals surface area contributed by atoms with E-state index in [1.807, 2.05) is 0 Å². The Morgan fingerprint density at radius 3 is 2.57 bits per heavy atom. The summed E-state index contributed by atoms with van der Waals surface area (Å²) in [5, 5.41) is 7.77. The van der Waals surface area contributed by atoms with E-state index in [4.69, 9.17) is 13.9 Å². The Hall–Kier alpha value is -3.40. The zero-order valence-electron chi connectivity index (χ0n) is 15.1. The van der Waals surface area contributed by atoms with Crippen LogP contribution in [0.5, 0.6) is 5.75 Å². The number of carbonyl (C=O) groups is 1. The third kappa shape index (κ3) is 5.07. The van der Waals surface area contributed by atoms with Gasteiger partial charge in [-0.1, -0.05) is 6.07 Å². The number of carbonyl (C=O) groups excluding carboxylic acids is 1. The van der Waals surface area contributed by atoms with Crippen LogP contribution in [-0.4, -0.2) is 38.0 Å². The number of anilines is 1. The molecule has 10 heteroatoms. The normalized spacial score (nSPS) is 11.1. The second-order valence-corrected chi connectivity index (χ2v) is 7.51. The first kappa shape index (κ1) is 19.4. The van der Waals surface area contributed by atoms with E-state index in [9.17, 15) is 13.2 Å². The van der Waals surface area contributed by atoms with E-state index in [1.54, 1.807) is 37.4 Å². The van der Waals surface area contributed by atoms with Gasteiger partial charge >= 0.3 is 5.97 Å². The third-order valence-electron chi connectivity index (χ3n) is 3.53. The van der Waals surface area contributed by atoms with Gasteiger partial charge in [-0.15, -0.1) is 10.2 Å². The van der Waals surface area contributed by atoms with Gasteiger partial charge in [-0.3, -0.25) is 4.72 Å². The summed E-state index contributed by atoms with van der Waals surface area (Å²) in [5.41, 5.74) is 1.14. The standard InChI is InChI=1S/C18H17N3O6S/c1-25-15-8-6-12(7-9-15)17-20-19-16(27-17)11-26-18(22)13-4-3-5-14(10-13)21-28(2,23)24/h3-10,21H,11H2,1-2H3. The Kier molecular flexibility index (Phi) is 5.59. The Morgan fingerprint density at radius 1 is 1.14 bits per heavy atom. The lowest BCUT2D eigenvalue weighted by atomic mass is 10.2. The summed E-state index contributed by atoms with van der Waals surface area (Å²) in [5.74, 6) is 0.462. The summed E-state index contributed by atoms with van der Waals surface area (Å²) >= 11 is 0. The first-order valence-corrected chi connectivity index (χ1v) is 9.95. The van der Waals surface area contributed by atoms with E-state index in [0.29, 0.717) is 11.3 Å². The summed E-state index contributed by atoms with van der Waals surface area (Å²) in [6, 6.07) is 13.0. The van der Waals surface area contributed by atoms with Gasteiger partial charge in [-0.2, -0.15) is 0 Å². The second kappa shape index (κ2) is 8.09. The molecule has 0 atom stereocenters. The largest absolute Gasteiger partial charge is 0.497 e. The van der Waals surface area contributed by atoms with Crippen LogP contribution in [0, 0.1) is 0 Å². The lowest BCUT2D eigenvalue weighted by Crippen LogP contribution is -2.11. The van der Waals surface area contributed by atoms with Crippen LogP contribution < -0.4 is 9.46 Å². The van der Waals surface area contributed by atoms with E-state index < -0.39 is 16.0 Å². The van der Waals surface area contributed by atoms with Gasteiger partial charge < -0.3 is 13.9 Å². The van der Waals surface area contributed by atoms with Crippen LogP contribution in [0.15, 0.2) is 52.9 Å². The number of aromatic nitrogens is 2. The summed E-state index contributed by atoms with van der Waals surface area (Å²) < 4.78 is 40.6. The molecule has 0 bridgehead atoms. The highest BCUT2D eigenvalue weighted by Gasteiger charge is 2.13. The molecule has 0 amide bonds. The summed E-state index contributed by atoms with van der Waals surface area (Å²) in [6.07, 6.45) is 1.02. The topological polar surface area (TPSA) is 121 Å². The quantitative estimate of drug-likeness (QED) is 0.597. The van der Waals surface area contributed by atoms with Crippen LogP contribution in [0.4, 0.5) is 5.69 Å². The highest BCUT2D eigenvalue weighted by Crippen LogP contribution is 2.21. The van der Waals surface area contributed by atoms with Crippen molar-refractivity contribution in [1.82, 2.24) is 10.2 Å². The molecule has 1 heterocycles. The number of esters is 1. The maximum Gasteiger partial charge on any atom is 0.338 e. The summed E-state index contributed by atoms with van der Waals surface area (Å²) in [6.45, 7) is -0.217. The second-order valence-electron chi connectivity index (χ2n) is 5.76. The molecule has 0 radical (unpaired) electrons. The Morgan fingerprint density at radius 2 is 1.89 bits per heavy atom. The molecule has 9 nitrogen and oxygen atoms in total. The molecule has 0 spiro atoms. The highest BCUT2D eigenvalue weighted by atomic mass is 32.2. The van der Waals surface area contributed by atoms with Gasteiger partial charge in [0.2, 0.25) is 15.9 Å². The number of nitrogens with one attached hydrogen (secondary N) is 1. The Balaban J connectivity index is 1.63. The molecule has 0 saturated carbocycles. The maximum absolute atomic E-state index is 12.2. The summed E-state index contributed by atoms with van der Waals surface area (Å²) in [7, 11) is -1.88. The molecule has 0 aliphatic carbocycles. The van der Waals surface area contributed by atoms with E-state index in [2.05, 4.69) is 14.9 Å². The van der Waals surface area contributed by atoms with Crippen LogP contribution in [0.2, 0.25) is 0 Å². The molecular formula is C18H17N3O6S. The average Bonchev–Trinajstić information content (AvgIpc) is 3.14. The smallest absolute Gasteiger partial charge is 0.338 e. The van der Waals surface area contributed by atoms with Crippen molar-refractivity contribution >= 4 is 21.7 Å². The minimum absolute atomic E-state index is 0.129. The molecule has 3 rings (SSSR count). The lowest BCUT2D eigenvalue weighted by molar-refractivity contribution is 0.0438. The number of nitrogens with zero attached hydrogens (tertiary/aromatic N) is 2. The molecule has 1 aromatic heterocycles. The zero-order chi connectivity index (χ0) is 20.1. The van der Waals surface area contributed by atoms with Crippen molar-refractivity contribution < 1.29 is 27.1 Å². The van der Waals surface area contributed by atoms with Gasteiger partial charge in [-0.05, 0) is 42.5 Å². The molecule has 2 aromatic carbocycles. The van der Waals surface area contributed by atoms with Crippen molar-refractivity contribution in [2.75, 3.05) is 18.1 Å². The fourth-order valence-electron chi connectivity index (χ4n) is 2.30. The SMILES string of the molecule is COc1ccc(-c2nnc(COC(=O)c3cccc(NS(C)(=O)=O)c3)o2)cc1. The Bertz CT molecular complexity index is 1080. The van der Waals surface area contributed by atoms with E-state index in [0.717, 1.165) is 6.26 Å². The third-order valence-corrected chi connectivity index (χ3v) is 4.14. The molecule has 0 unspecified atom stereocenters. The van der Waals surface area contributed by atoms with Gasteiger partial charge in [0.15, 0.2) is 6.61 Å². The van der Waals surface area contributed by atoms with Gasteiger partial charge in [-0.25, -0.2) is 13.2 Å². The number of benzene rings is 2. The fourth-order valence-corrected chi connectivity index (χ4v) is 2.85. The maximum atomic E-state index is 12.2. The van der Waals surface area contributed by atoms with E-state index in [-0.39, 0.29) is 29.6 Å². The first-order chi connectivity index (χ1) is 13.3. The van der Waals surface area contributed by atoms with Crippen molar-refractivity contribution in [3.05, 3.63) is 60.0 Å². The van der Waals surface area contributed by atoms with Crippen LogP contribution in [-0.2, 0) is 21.4 Å². The van der Waals surface area contributed by atoms with Gasteiger partial charge in [0.05, 0.1) is 18.9 Å². The highest BCUT2D eigenvalue weighted by molar-refractivity contribution is 7.92. The fraction of sp³-hybridized carbons (Fsp3) is 0.167. The van der Waals surface area contributed by atoms with E-state index >= 15 is 0 Å². The average molecular weight is 403 g/mol. The number of sulfonamides is 1. The zero-order valence-corrected chi connectivity index (χ0v) is 15.9. The predicted octanol–water partition coefficient (Wildman–Crippen LogP) is 2.47. The molecule has 0 fully saturated rings. The van der Waals surface area contributed by atoms with Crippen molar-refractivity contribution in [3.8, 4) is 17.2 Å². The molecule has 0 aliphatic rings. The van der Waals surface area contributed by atoms with E-state index in [1.165, 1.54) is 18.2 Å². The lowest BCUT2D eigenvalue weighted by Gasteiger charge is -2.06. The minimum atomic E-state index is -3.45. The number of rotatable bonds is 7. The minimum Gasteiger partial charge on any atom is -0.497 e. The molecule has 3 aromatic rings. The number of methoxy groups -OCH3 is 1. The van der Waals surface area contributed by atoms with Gasteiger partial charge in [0, 0.05) is 11.3 Å². The predicted molar refractivity (Wildman–Crippen MR) is 100 cm³/mol.